The third-order valence-corrected chi connectivity index (χ3v) is 2.91. The SMILES string of the molecule is CC(C(=O)O)N(C)Cc1ccccc1N(C)C. The number of nitrogens with zero attached hydrogens (tertiary/aromatic N) is 2. The molecule has 0 saturated heterocycles. The molecule has 0 fully saturated rings. The molecule has 0 heterocycles. The zero-order valence-corrected chi connectivity index (χ0v) is 10.8. The third kappa shape index (κ3) is 3.46. The molecule has 0 bridgehead atoms. The van der Waals surface area contributed by atoms with Crippen molar-refractivity contribution in [2.75, 3.05) is 26.0 Å². The Hall–Kier alpha value is -1.55. The van der Waals surface area contributed by atoms with Gasteiger partial charge in [0.2, 0.25) is 0 Å². The van der Waals surface area contributed by atoms with Crippen LogP contribution in [0, 0.1) is 0 Å². The lowest BCUT2D eigenvalue weighted by molar-refractivity contribution is -0.142. The average Bonchev–Trinajstić information content (AvgIpc) is 2.28. The van der Waals surface area contributed by atoms with E-state index < -0.39 is 12.0 Å². The predicted octanol–water partition coefficient (Wildman–Crippen LogP) is 1.66. The number of carboxylic acid groups (broad SMARTS) is 1. The molecule has 1 aromatic rings. The predicted molar refractivity (Wildman–Crippen MR) is 69.3 cm³/mol. The minimum Gasteiger partial charge on any atom is -0.480 e. The van der Waals surface area contributed by atoms with Gasteiger partial charge in [0.1, 0.15) is 6.04 Å². The van der Waals surface area contributed by atoms with E-state index in [1.165, 1.54) is 0 Å². The second-order valence-corrected chi connectivity index (χ2v) is 4.45. The summed E-state index contributed by atoms with van der Waals surface area (Å²) in [6.07, 6.45) is 0. The summed E-state index contributed by atoms with van der Waals surface area (Å²) in [4.78, 5) is 14.8. The molecule has 0 aliphatic rings. The number of likely N-dealkylation sites (N-methyl/N-ethyl adjacent to an activating group) is 1. The molecular formula is C13H20N2O2. The molecule has 1 N–H and O–H groups in total. The largest absolute Gasteiger partial charge is 0.480 e. The van der Waals surface area contributed by atoms with Crippen LogP contribution in [0.4, 0.5) is 5.69 Å². The van der Waals surface area contributed by atoms with E-state index in [4.69, 9.17) is 5.11 Å². The first kappa shape index (κ1) is 13.5. The van der Waals surface area contributed by atoms with Crippen molar-refractivity contribution in [2.24, 2.45) is 0 Å². The van der Waals surface area contributed by atoms with E-state index in [-0.39, 0.29) is 0 Å². The number of hydrogen-bond acceptors (Lipinski definition) is 3. The molecule has 1 aromatic carbocycles. The van der Waals surface area contributed by atoms with Crippen LogP contribution in [0.2, 0.25) is 0 Å². The number of carbonyl (C=O) groups is 1. The van der Waals surface area contributed by atoms with E-state index in [9.17, 15) is 4.79 Å². The monoisotopic (exact) mass is 236 g/mol. The van der Waals surface area contributed by atoms with Gasteiger partial charge >= 0.3 is 5.97 Å². The molecule has 0 aromatic heterocycles. The van der Waals surface area contributed by atoms with E-state index in [2.05, 4.69) is 0 Å². The maximum atomic E-state index is 10.9. The zero-order valence-electron chi connectivity index (χ0n) is 10.8. The standard InChI is InChI=1S/C13H20N2O2/c1-10(13(16)17)15(4)9-11-7-5-6-8-12(11)14(2)3/h5-8,10H,9H2,1-4H3,(H,16,17). The summed E-state index contributed by atoms with van der Waals surface area (Å²) < 4.78 is 0. The minimum absolute atomic E-state index is 0.481. The number of hydrogen-bond donors (Lipinski definition) is 1. The van der Waals surface area contributed by atoms with Gasteiger partial charge in [-0.15, -0.1) is 0 Å². The summed E-state index contributed by atoms with van der Waals surface area (Å²) in [5, 5.41) is 8.96. The fraction of sp³-hybridized carbons (Fsp3) is 0.462. The number of para-hydroxylation sites is 1. The summed E-state index contributed by atoms with van der Waals surface area (Å²) in [6.45, 7) is 2.32. The summed E-state index contributed by atoms with van der Waals surface area (Å²) in [5.41, 5.74) is 2.25. The Labute approximate surface area is 102 Å². The second-order valence-electron chi connectivity index (χ2n) is 4.45. The van der Waals surface area contributed by atoms with Crippen molar-refractivity contribution in [3.63, 3.8) is 0 Å². The highest BCUT2D eigenvalue weighted by Gasteiger charge is 2.17. The van der Waals surface area contributed by atoms with Crippen LogP contribution in [-0.2, 0) is 11.3 Å². The first-order valence-electron chi connectivity index (χ1n) is 5.61. The van der Waals surface area contributed by atoms with E-state index >= 15 is 0 Å². The van der Waals surface area contributed by atoms with Crippen molar-refractivity contribution in [3.8, 4) is 0 Å². The summed E-state index contributed by atoms with van der Waals surface area (Å²) in [7, 11) is 5.80. The Bertz CT molecular complexity index is 391. The average molecular weight is 236 g/mol. The van der Waals surface area contributed by atoms with Gasteiger partial charge in [-0.05, 0) is 25.6 Å². The number of rotatable bonds is 5. The molecule has 1 atom stereocenters. The normalized spacial score (nSPS) is 12.5. The minimum atomic E-state index is -0.796. The van der Waals surface area contributed by atoms with Crippen LogP contribution in [-0.4, -0.2) is 43.2 Å². The van der Waals surface area contributed by atoms with Gasteiger partial charge in [-0.25, -0.2) is 0 Å². The highest BCUT2D eigenvalue weighted by molar-refractivity contribution is 5.72. The Morgan fingerprint density at radius 1 is 1.29 bits per heavy atom. The van der Waals surface area contributed by atoms with E-state index in [0.29, 0.717) is 6.54 Å². The molecule has 17 heavy (non-hydrogen) atoms. The summed E-state index contributed by atoms with van der Waals surface area (Å²) in [5.74, 6) is -0.796. The van der Waals surface area contributed by atoms with Crippen LogP contribution in [0.1, 0.15) is 12.5 Å². The van der Waals surface area contributed by atoms with Crippen LogP contribution in [0.25, 0.3) is 0 Å². The molecule has 1 unspecified atom stereocenters. The number of anilines is 1. The molecule has 94 valence electrons. The molecular weight excluding hydrogens is 216 g/mol. The third-order valence-electron chi connectivity index (χ3n) is 2.91. The Morgan fingerprint density at radius 3 is 2.41 bits per heavy atom. The molecule has 1 rings (SSSR count). The van der Waals surface area contributed by atoms with E-state index in [0.717, 1.165) is 11.3 Å². The van der Waals surface area contributed by atoms with Gasteiger partial charge in [-0.3, -0.25) is 9.69 Å². The molecule has 0 saturated carbocycles. The number of carboxylic acids is 1. The Morgan fingerprint density at radius 2 is 1.88 bits per heavy atom. The highest BCUT2D eigenvalue weighted by Crippen LogP contribution is 2.19. The van der Waals surface area contributed by atoms with Crippen molar-refractivity contribution >= 4 is 11.7 Å². The summed E-state index contributed by atoms with van der Waals surface area (Å²) in [6, 6.07) is 7.54. The molecule has 0 amide bonds. The zero-order chi connectivity index (χ0) is 13.0. The second kappa shape index (κ2) is 5.68. The number of aliphatic carboxylic acids is 1. The van der Waals surface area contributed by atoms with Crippen LogP contribution >= 0.6 is 0 Å². The topological polar surface area (TPSA) is 43.8 Å². The van der Waals surface area contributed by atoms with Crippen LogP contribution in [0.5, 0.6) is 0 Å². The van der Waals surface area contributed by atoms with Gasteiger partial charge < -0.3 is 10.0 Å². The Balaban J connectivity index is 2.84. The molecule has 4 heteroatoms. The quantitative estimate of drug-likeness (QED) is 0.844. The molecule has 4 nitrogen and oxygen atoms in total. The first-order valence-corrected chi connectivity index (χ1v) is 5.61. The van der Waals surface area contributed by atoms with Crippen LogP contribution in [0.3, 0.4) is 0 Å². The van der Waals surface area contributed by atoms with Gasteiger partial charge in [0.15, 0.2) is 0 Å². The number of benzene rings is 1. The lowest BCUT2D eigenvalue weighted by atomic mass is 10.1. The van der Waals surface area contributed by atoms with Gasteiger partial charge in [0, 0.05) is 26.3 Å². The van der Waals surface area contributed by atoms with Gasteiger partial charge in [0.05, 0.1) is 0 Å². The van der Waals surface area contributed by atoms with Crippen molar-refractivity contribution < 1.29 is 9.90 Å². The van der Waals surface area contributed by atoms with Gasteiger partial charge in [0.25, 0.3) is 0 Å². The maximum absolute atomic E-state index is 10.9. The first-order chi connectivity index (χ1) is 7.93. The molecule has 0 radical (unpaired) electrons. The van der Waals surface area contributed by atoms with Gasteiger partial charge in [-0.1, -0.05) is 18.2 Å². The van der Waals surface area contributed by atoms with Crippen LogP contribution in [0.15, 0.2) is 24.3 Å². The van der Waals surface area contributed by atoms with E-state index in [1.807, 2.05) is 55.2 Å². The maximum Gasteiger partial charge on any atom is 0.320 e. The van der Waals surface area contributed by atoms with Crippen molar-refractivity contribution in [1.82, 2.24) is 4.90 Å². The molecule has 0 aliphatic carbocycles. The van der Waals surface area contributed by atoms with Crippen LogP contribution < -0.4 is 4.90 Å². The van der Waals surface area contributed by atoms with Gasteiger partial charge in [-0.2, -0.15) is 0 Å². The lowest BCUT2D eigenvalue weighted by Gasteiger charge is -2.24. The molecule has 0 spiro atoms. The van der Waals surface area contributed by atoms with E-state index in [1.54, 1.807) is 6.92 Å². The van der Waals surface area contributed by atoms with Crippen molar-refractivity contribution in [2.45, 2.75) is 19.5 Å². The fourth-order valence-electron chi connectivity index (χ4n) is 1.67. The Kier molecular flexibility index (Phi) is 4.52. The van der Waals surface area contributed by atoms with Crippen molar-refractivity contribution in [3.05, 3.63) is 29.8 Å². The highest BCUT2D eigenvalue weighted by atomic mass is 16.4. The van der Waals surface area contributed by atoms with Crippen molar-refractivity contribution in [1.29, 1.82) is 0 Å². The molecule has 0 aliphatic heterocycles. The lowest BCUT2D eigenvalue weighted by Crippen LogP contribution is -2.35. The smallest absolute Gasteiger partial charge is 0.320 e. The fourth-order valence-corrected chi connectivity index (χ4v) is 1.67. The summed E-state index contributed by atoms with van der Waals surface area (Å²) >= 11 is 0.